The Bertz CT molecular complexity index is 1010. The number of hydrogen-bond acceptors (Lipinski definition) is 4. The highest BCUT2D eigenvalue weighted by Crippen LogP contribution is 2.49. The Hall–Kier alpha value is -2.79. The fraction of sp³-hybridized carbons (Fsp3) is 0.348. The van der Waals surface area contributed by atoms with Crippen LogP contribution in [0.5, 0.6) is 0 Å². The monoisotopic (exact) mass is 372 g/mol. The number of hydrogen-bond donors (Lipinski definition) is 1. The fourth-order valence-corrected chi connectivity index (χ4v) is 4.99. The fourth-order valence-electron chi connectivity index (χ4n) is 4.99. The van der Waals surface area contributed by atoms with E-state index in [0.717, 1.165) is 37.1 Å². The Labute approximate surface area is 164 Å². The van der Waals surface area contributed by atoms with Crippen LogP contribution in [0.2, 0.25) is 0 Å². The summed E-state index contributed by atoms with van der Waals surface area (Å²) in [5.41, 5.74) is 7.43. The minimum atomic E-state index is -0.509. The van der Waals surface area contributed by atoms with Crippen LogP contribution >= 0.6 is 0 Å². The lowest BCUT2D eigenvalue weighted by Crippen LogP contribution is -2.17. The molecule has 28 heavy (non-hydrogen) atoms. The van der Waals surface area contributed by atoms with Gasteiger partial charge in [-0.2, -0.15) is 5.10 Å². The number of aliphatic hydroxyl groups is 1. The quantitative estimate of drug-likeness (QED) is 0.699. The van der Waals surface area contributed by atoms with E-state index in [4.69, 9.17) is 0 Å². The molecule has 3 heterocycles. The number of rotatable bonds is 4. The van der Waals surface area contributed by atoms with Gasteiger partial charge in [-0.1, -0.05) is 24.1 Å². The lowest BCUT2D eigenvalue weighted by molar-refractivity contribution is 0.145. The molecule has 5 nitrogen and oxygen atoms in total. The molecule has 1 N–H and O–H groups in total. The molecule has 0 amide bonds. The summed E-state index contributed by atoms with van der Waals surface area (Å²) in [4.78, 5) is 8.57. The third-order valence-electron chi connectivity index (χ3n) is 6.29. The minimum absolute atomic E-state index is 0.340. The third-order valence-corrected chi connectivity index (χ3v) is 6.29. The van der Waals surface area contributed by atoms with Crippen molar-refractivity contribution in [2.24, 2.45) is 5.92 Å². The average molecular weight is 372 g/mol. The zero-order valence-corrected chi connectivity index (χ0v) is 16.0. The van der Waals surface area contributed by atoms with Gasteiger partial charge in [0.25, 0.3) is 0 Å². The number of fused-ring (bicyclic) bond motifs is 1. The van der Waals surface area contributed by atoms with Crippen LogP contribution < -0.4 is 0 Å². The summed E-state index contributed by atoms with van der Waals surface area (Å²) in [7, 11) is 0. The summed E-state index contributed by atoms with van der Waals surface area (Å²) >= 11 is 0. The molecule has 1 unspecified atom stereocenters. The van der Waals surface area contributed by atoms with E-state index >= 15 is 0 Å². The molecule has 0 saturated carbocycles. The van der Waals surface area contributed by atoms with Crippen molar-refractivity contribution < 1.29 is 5.11 Å². The molecular formula is C23H24N4O. The van der Waals surface area contributed by atoms with Crippen molar-refractivity contribution in [3.63, 3.8) is 0 Å². The molecular weight excluding hydrogens is 348 g/mol. The molecule has 142 valence electrons. The van der Waals surface area contributed by atoms with Crippen molar-refractivity contribution in [2.45, 2.75) is 44.6 Å². The van der Waals surface area contributed by atoms with E-state index in [0.29, 0.717) is 11.8 Å². The summed E-state index contributed by atoms with van der Waals surface area (Å²) in [6, 6.07) is 9.74. The molecule has 0 aliphatic heterocycles. The second kappa shape index (κ2) is 6.99. The molecule has 0 aromatic carbocycles. The highest BCUT2D eigenvalue weighted by molar-refractivity contribution is 5.46. The molecule has 5 rings (SSSR count). The van der Waals surface area contributed by atoms with Crippen molar-refractivity contribution in [3.05, 3.63) is 83.2 Å². The maximum absolute atomic E-state index is 10.7. The second-order valence-corrected chi connectivity index (χ2v) is 7.87. The Balaban J connectivity index is 1.42. The zero-order chi connectivity index (χ0) is 19.1. The molecule has 0 fully saturated rings. The van der Waals surface area contributed by atoms with Gasteiger partial charge in [0.15, 0.2) is 0 Å². The van der Waals surface area contributed by atoms with E-state index in [1.165, 1.54) is 22.4 Å². The molecule has 0 radical (unpaired) electrons. The van der Waals surface area contributed by atoms with E-state index in [-0.39, 0.29) is 0 Å². The first kappa shape index (κ1) is 17.3. The van der Waals surface area contributed by atoms with E-state index in [9.17, 15) is 5.11 Å². The molecule has 3 aromatic rings. The number of aromatic nitrogens is 4. The lowest BCUT2D eigenvalue weighted by atomic mass is 9.78. The van der Waals surface area contributed by atoms with Crippen molar-refractivity contribution in [1.29, 1.82) is 0 Å². The molecule has 3 aromatic heterocycles. The van der Waals surface area contributed by atoms with Crippen molar-refractivity contribution in [2.75, 3.05) is 0 Å². The molecule has 5 heteroatoms. The van der Waals surface area contributed by atoms with Gasteiger partial charge in [-0.15, -0.1) is 0 Å². The maximum atomic E-state index is 10.7. The van der Waals surface area contributed by atoms with E-state index in [1.54, 1.807) is 12.4 Å². The van der Waals surface area contributed by atoms with E-state index < -0.39 is 6.10 Å². The SMILES string of the molecule is C[C@@H]1C2=C(CC[C@@H]2CC(O)c2ccccn2)Cc2c1cnn2-c1cccnc1. The van der Waals surface area contributed by atoms with Gasteiger partial charge in [-0.25, -0.2) is 4.68 Å². The maximum Gasteiger partial charge on any atom is 0.0965 e. The smallest absolute Gasteiger partial charge is 0.0965 e. The Morgan fingerprint density at radius 1 is 1.18 bits per heavy atom. The molecule has 2 aliphatic rings. The van der Waals surface area contributed by atoms with Gasteiger partial charge in [0.1, 0.15) is 0 Å². The van der Waals surface area contributed by atoms with Gasteiger partial charge < -0.3 is 5.11 Å². The molecule has 0 spiro atoms. The number of allylic oxidation sites excluding steroid dienone is 2. The van der Waals surface area contributed by atoms with Crippen molar-refractivity contribution in [3.8, 4) is 5.69 Å². The van der Waals surface area contributed by atoms with Crippen LogP contribution in [0.25, 0.3) is 5.69 Å². The number of aliphatic hydroxyl groups excluding tert-OH is 1. The highest BCUT2D eigenvalue weighted by Gasteiger charge is 2.37. The summed E-state index contributed by atoms with van der Waals surface area (Å²) in [6.45, 7) is 2.29. The van der Waals surface area contributed by atoms with Gasteiger partial charge in [0, 0.05) is 30.3 Å². The zero-order valence-electron chi connectivity index (χ0n) is 16.0. The molecule has 3 atom stereocenters. The largest absolute Gasteiger partial charge is 0.387 e. The standard InChI is InChI=1S/C23H24N4O/c1-15-19-14-26-27(18-5-4-9-24-13-18)21(19)11-16-7-8-17(23(15)16)12-22(28)20-6-2-3-10-25-20/h2-6,9-10,13-15,17,22,28H,7-8,11-12H2,1H3/t15-,17+,22?/m0/s1. The minimum Gasteiger partial charge on any atom is -0.387 e. The Kier molecular flexibility index (Phi) is 4.32. The van der Waals surface area contributed by atoms with E-state index in [2.05, 4.69) is 28.1 Å². The molecule has 0 bridgehead atoms. The summed E-state index contributed by atoms with van der Waals surface area (Å²) in [5.74, 6) is 0.754. The van der Waals surface area contributed by atoms with Crippen LogP contribution in [0.15, 0.2) is 66.3 Å². The van der Waals surface area contributed by atoms with Crippen molar-refractivity contribution >= 4 is 0 Å². The Morgan fingerprint density at radius 2 is 2.11 bits per heavy atom. The molecule has 2 aliphatic carbocycles. The molecule has 0 saturated heterocycles. The third kappa shape index (κ3) is 2.87. The van der Waals surface area contributed by atoms with Crippen LogP contribution in [0, 0.1) is 5.92 Å². The number of nitrogens with zero attached hydrogens (tertiary/aromatic N) is 4. The first-order valence-electron chi connectivity index (χ1n) is 10.0. The van der Waals surface area contributed by atoms with Gasteiger partial charge in [-0.3, -0.25) is 9.97 Å². The predicted octanol–water partition coefficient (Wildman–Crippen LogP) is 4.15. The van der Waals surface area contributed by atoms with Crippen LogP contribution in [0.4, 0.5) is 0 Å². The second-order valence-electron chi connectivity index (χ2n) is 7.87. The van der Waals surface area contributed by atoms with Gasteiger partial charge >= 0.3 is 0 Å². The van der Waals surface area contributed by atoms with E-state index in [1.807, 2.05) is 41.3 Å². The average Bonchev–Trinajstić information content (AvgIpc) is 3.34. The number of pyridine rings is 2. The predicted molar refractivity (Wildman–Crippen MR) is 107 cm³/mol. The first-order chi connectivity index (χ1) is 13.7. The highest BCUT2D eigenvalue weighted by atomic mass is 16.3. The van der Waals surface area contributed by atoms with Gasteiger partial charge in [-0.05, 0) is 49.4 Å². The van der Waals surface area contributed by atoms with Crippen molar-refractivity contribution in [1.82, 2.24) is 19.7 Å². The summed E-state index contributed by atoms with van der Waals surface area (Å²) in [5, 5.41) is 15.4. The van der Waals surface area contributed by atoms with Crippen LogP contribution in [0.1, 0.15) is 55.2 Å². The van der Waals surface area contributed by atoms with Gasteiger partial charge in [0.2, 0.25) is 0 Å². The van der Waals surface area contributed by atoms with Crippen LogP contribution in [-0.2, 0) is 6.42 Å². The van der Waals surface area contributed by atoms with Gasteiger partial charge in [0.05, 0.1) is 35.6 Å². The first-order valence-corrected chi connectivity index (χ1v) is 10.0. The van der Waals surface area contributed by atoms with Crippen LogP contribution in [-0.4, -0.2) is 24.9 Å². The topological polar surface area (TPSA) is 63.8 Å². The summed E-state index contributed by atoms with van der Waals surface area (Å²) in [6.07, 6.45) is 10.8. The van der Waals surface area contributed by atoms with Crippen LogP contribution in [0.3, 0.4) is 0 Å². The summed E-state index contributed by atoms with van der Waals surface area (Å²) < 4.78 is 2.04. The normalized spacial score (nSPS) is 22.1. The Morgan fingerprint density at radius 3 is 2.89 bits per heavy atom. The lowest BCUT2D eigenvalue weighted by Gasteiger charge is -2.28.